The normalized spacial score (nSPS) is 11.2. The van der Waals surface area contributed by atoms with E-state index in [1.807, 2.05) is 33.3 Å². The quantitative estimate of drug-likeness (QED) is 0.761. The second-order valence-electron chi connectivity index (χ2n) is 6.03. The number of hydrogen-bond donors (Lipinski definition) is 1. The van der Waals surface area contributed by atoms with Crippen molar-refractivity contribution in [2.45, 2.75) is 40.0 Å². The fraction of sp³-hybridized carbons (Fsp3) is 0.400. The van der Waals surface area contributed by atoms with Crippen LogP contribution in [0.5, 0.6) is 0 Å². The van der Waals surface area contributed by atoms with Crippen molar-refractivity contribution < 1.29 is 4.39 Å². The number of aliphatic imine (C=N–C) groups is 1. The number of hydrogen-bond acceptors (Lipinski definition) is 3. The molecule has 2 aromatic rings. The molecule has 0 aliphatic heterocycles. The third-order valence-electron chi connectivity index (χ3n) is 4.22. The first kappa shape index (κ1) is 18.1. The molecule has 0 aliphatic carbocycles. The molecular weight excluding hydrogens is 301 g/mol. The number of benzene rings is 1. The summed E-state index contributed by atoms with van der Waals surface area (Å²) in [5, 5.41) is 3.11. The van der Waals surface area contributed by atoms with Crippen LogP contribution in [0.4, 0.5) is 10.1 Å². The molecule has 0 saturated carbocycles. The number of nitrogens with one attached hydrogen (secondary N) is 1. The van der Waals surface area contributed by atoms with Crippen molar-refractivity contribution in [1.29, 1.82) is 0 Å². The summed E-state index contributed by atoms with van der Waals surface area (Å²) in [6.07, 6.45) is 6.17. The van der Waals surface area contributed by atoms with Crippen molar-refractivity contribution in [3.8, 4) is 0 Å². The zero-order chi connectivity index (χ0) is 17.5. The van der Waals surface area contributed by atoms with E-state index in [1.165, 1.54) is 6.07 Å². The van der Waals surface area contributed by atoms with Gasteiger partial charge in [-0.2, -0.15) is 0 Å². The van der Waals surface area contributed by atoms with E-state index in [0.29, 0.717) is 6.42 Å². The Labute approximate surface area is 144 Å². The third kappa shape index (κ3) is 4.40. The molecule has 0 radical (unpaired) electrons. The van der Waals surface area contributed by atoms with Gasteiger partial charge in [-0.15, -0.1) is 0 Å². The van der Waals surface area contributed by atoms with E-state index in [4.69, 9.17) is 0 Å². The van der Waals surface area contributed by atoms with Gasteiger partial charge in [0.1, 0.15) is 5.82 Å². The minimum atomic E-state index is -0.139. The van der Waals surface area contributed by atoms with Crippen LogP contribution in [0.2, 0.25) is 0 Å². The third-order valence-corrected chi connectivity index (χ3v) is 4.22. The molecule has 1 N–H and O–H groups in total. The molecule has 0 saturated heterocycles. The Balaban J connectivity index is 2.12. The van der Waals surface area contributed by atoms with E-state index in [1.54, 1.807) is 6.07 Å². The highest BCUT2D eigenvalue weighted by atomic mass is 19.1. The second-order valence-corrected chi connectivity index (χ2v) is 6.03. The predicted octanol–water partition coefficient (Wildman–Crippen LogP) is 4.49. The van der Waals surface area contributed by atoms with Gasteiger partial charge in [-0.05, 0) is 67.5 Å². The van der Waals surface area contributed by atoms with Crippen molar-refractivity contribution >= 4 is 11.9 Å². The molecule has 0 fully saturated rings. The van der Waals surface area contributed by atoms with Crippen molar-refractivity contribution in [1.82, 2.24) is 4.98 Å². The number of nitrogens with zero attached hydrogens (tertiary/aromatic N) is 2. The van der Waals surface area contributed by atoms with Crippen LogP contribution < -0.4 is 5.32 Å². The van der Waals surface area contributed by atoms with Gasteiger partial charge in [0.05, 0.1) is 5.69 Å². The highest BCUT2D eigenvalue weighted by Crippen LogP contribution is 2.23. The van der Waals surface area contributed by atoms with E-state index in [-0.39, 0.29) is 5.82 Å². The predicted molar refractivity (Wildman–Crippen MR) is 99.8 cm³/mol. The molecule has 1 heterocycles. The summed E-state index contributed by atoms with van der Waals surface area (Å²) in [5.41, 5.74) is 5.86. The Morgan fingerprint density at radius 2 is 2.04 bits per heavy atom. The fourth-order valence-electron chi connectivity index (χ4n) is 2.77. The zero-order valence-electron chi connectivity index (χ0n) is 15.0. The number of anilines is 1. The van der Waals surface area contributed by atoms with E-state index in [9.17, 15) is 4.39 Å². The lowest BCUT2D eigenvalue weighted by Gasteiger charge is -2.12. The van der Waals surface area contributed by atoms with Gasteiger partial charge in [-0.1, -0.05) is 13.0 Å². The van der Waals surface area contributed by atoms with Crippen molar-refractivity contribution in [2.24, 2.45) is 4.99 Å². The van der Waals surface area contributed by atoms with Gasteiger partial charge in [0, 0.05) is 31.7 Å². The molecule has 0 atom stereocenters. The number of aryl methyl sites for hydroxylation is 2. The summed E-state index contributed by atoms with van der Waals surface area (Å²) in [5.74, 6) is -0.139. The highest BCUT2D eigenvalue weighted by Gasteiger charge is 2.10. The van der Waals surface area contributed by atoms with Crippen LogP contribution >= 0.6 is 0 Å². The van der Waals surface area contributed by atoms with Crippen LogP contribution in [0, 0.1) is 19.7 Å². The lowest BCUT2D eigenvalue weighted by molar-refractivity contribution is 0.607. The maximum Gasteiger partial charge on any atom is 0.126 e. The average Bonchev–Trinajstić information content (AvgIpc) is 2.57. The Hall–Kier alpha value is -2.23. The summed E-state index contributed by atoms with van der Waals surface area (Å²) in [6.45, 7) is 6.92. The first-order chi connectivity index (χ1) is 11.6. The van der Waals surface area contributed by atoms with Gasteiger partial charge < -0.3 is 5.32 Å². The molecule has 0 aliphatic rings. The van der Waals surface area contributed by atoms with Crippen LogP contribution in [0.15, 0.2) is 29.4 Å². The standard InChI is InChI=1S/C20H26FN3/c1-5-10-23-13-20-14(2)11-16(12-24-20)6-7-17-15(3)19(22-4)9-8-18(17)21/h8-9,11-13,22H,5-7,10H2,1-4H3. The number of pyridine rings is 1. The van der Waals surface area contributed by atoms with Gasteiger partial charge in [0.15, 0.2) is 0 Å². The Kier molecular flexibility index (Phi) is 6.47. The van der Waals surface area contributed by atoms with Gasteiger partial charge in [0.25, 0.3) is 0 Å². The molecule has 0 spiro atoms. The molecule has 0 amide bonds. The second kappa shape index (κ2) is 8.57. The summed E-state index contributed by atoms with van der Waals surface area (Å²) in [4.78, 5) is 8.83. The van der Waals surface area contributed by atoms with E-state index >= 15 is 0 Å². The van der Waals surface area contributed by atoms with Crippen LogP contribution in [0.3, 0.4) is 0 Å². The van der Waals surface area contributed by atoms with E-state index < -0.39 is 0 Å². The molecular formula is C20H26FN3. The number of rotatable bonds is 7. The molecule has 24 heavy (non-hydrogen) atoms. The first-order valence-electron chi connectivity index (χ1n) is 8.47. The minimum Gasteiger partial charge on any atom is -0.388 e. The van der Waals surface area contributed by atoms with Gasteiger partial charge in [-0.3, -0.25) is 9.98 Å². The first-order valence-corrected chi connectivity index (χ1v) is 8.47. The molecule has 1 aromatic carbocycles. The SMILES string of the molecule is CCCN=Cc1ncc(CCc2c(F)ccc(NC)c2C)cc1C. The minimum absolute atomic E-state index is 0.139. The Morgan fingerprint density at radius 3 is 2.71 bits per heavy atom. The zero-order valence-corrected chi connectivity index (χ0v) is 15.0. The van der Waals surface area contributed by atoms with Crippen LogP contribution in [-0.4, -0.2) is 24.8 Å². The van der Waals surface area contributed by atoms with Crippen molar-refractivity contribution in [3.05, 3.63) is 58.2 Å². The topological polar surface area (TPSA) is 37.3 Å². The Bertz CT molecular complexity index is 723. The molecule has 3 nitrogen and oxygen atoms in total. The Morgan fingerprint density at radius 1 is 1.25 bits per heavy atom. The highest BCUT2D eigenvalue weighted by molar-refractivity contribution is 5.78. The molecule has 128 valence electrons. The molecule has 0 bridgehead atoms. The summed E-state index contributed by atoms with van der Waals surface area (Å²) < 4.78 is 14.1. The van der Waals surface area contributed by atoms with Crippen LogP contribution in [-0.2, 0) is 12.8 Å². The van der Waals surface area contributed by atoms with E-state index in [0.717, 1.165) is 53.0 Å². The lowest BCUT2D eigenvalue weighted by atomic mass is 9.98. The van der Waals surface area contributed by atoms with Gasteiger partial charge in [0.2, 0.25) is 0 Å². The molecule has 2 rings (SSSR count). The average molecular weight is 327 g/mol. The van der Waals surface area contributed by atoms with E-state index in [2.05, 4.69) is 28.3 Å². The van der Waals surface area contributed by atoms with Gasteiger partial charge >= 0.3 is 0 Å². The number of aromatic nitrogens is 1. The van der Waals surface area contributed by atoms with Crippen molar-refractivity contribution in [2.75, 3.05) is 18.9 Å². The summed E-state index contributed by atoms with van der Waals surface area (Å²) in [7, 11) is 1.86. The summed E-state index contributed by atoms with van der Waals surface area (Å²) >= 11 is 0. The van der Waals surface area contributed by atoms with Gasteiger partial charge in [-0.25, -0.2) is 4.39 Å². The summed E-state index contributed by atoms with van der Waals surface area (Å²) in [6, 6.07) is 5.44. The van der Waals surface area contributed by atoms with Crippen molar-refractivity contribution in [3.63, 3.8) is 0 Å². The fourth-order valence-corrected chi connectivity index (χ4v) is 2.77. The largest absolute Gasteiger partial charge is 0.388 e. The lowest BCUT2D eigenvalue weighted by Crippen LogP contribution is -2.03. The monoisotopic (exact) mass is 327 g/mol. The smallest absolute Gasteiger partial charge is 0.126 e. The maximum atomic E-state index is 14.1. The van der Waals surface area contributed by atoms with Crippen LogP contribution in [0.25, 0.3) is 0 Å². The number of halogens is 1. The van der Waals surface area contributed by atoms with Crippen LogP contribution in [0.1, 0.15) is 41.3 Å². The maximum absolute atomic E-state index is 14.1. The molecule has 4 heteroatoms. The molecule has 1 aromatic heterocycles. The molecule has 0 unspecified atom stereocenters.